The molecule has 0 bridgehead atoms. The Bertz CT molecular complexity index is 243. The predicted octanol–water partition coefficient (Wildman–Crippen LogP) is -0.723. The molecule has 70 valence electrons. The largest absolute Gasteiger partial charge is 0.432 e. The Labute approximate surface area is 76.7 Å². The molecule has 0 radical (unpaired) electrons. The Balaban J connectivity index is 0.000000424. The van der Waals surface area contributed by atoms with Crippen LogP contribution in [-0.4, -0.2) is 28.6 Å². The molecule has 0 aliphatic carbocycles. The molecule has 0 aromatic carbocycles. The van der Waals surface area contributed by atoms with Gasteiger partial charge in [-0.3, -0.25) is 4.79 Å². The third-order valence-corrected chi connectivity index (χ3v) is 0.969. The summed E-state index contributed by atoms with van der Waals surface area (Å²) in [7, 11) is -0.750. The highest BCUT2D eigenvalue weighted by Crippen LogP contribution is 1.97. The number of carbonyl (C=O) groups excluding carboxylic acids is 1. The highest BCUT2D eigenvalue weighted by Gasteiger charge is 1.91. The quantitative estimate of drug-likeness (QED) is 0.500. The van der Waals surface area contributed by atoms with Crippen molar-refractivity contribution in [2.45, 2.75) is 6.92 Å². The zero-order valence-corrected chi connectivity index (χ0v) is 7.27. The zero-order chi connectivity index (χ0) is 10.1. The topological polar surface area (TPSA) is 82.5 Å². The molecule has 0 fully saturated rings. The molecule has 13 heavy (non-hydrogen) atoms. The second kappa shape index (κ2) is 7.26. The van der Waals surface area contributed by atoms with Crippen molar-refractivity contribution >= 4 is 19.4 Å². The van der Waals surface area contributed by atoms with E-state index in [9.17, 15) is 4.79 Å². The van der Waals surface area contributed by atoms with Crippen LogP contribution in [0.1, 0.15) is 6.92 Å². The monoisotopic (exact) mass is 182 g/mol. The van der Waals surface area contributed by atoms with Gasteiger partial charge in [0.25, 0.3) is 0 Å². The molecule has 0 unspecified atom stereocenters. The lowest BCUT2D eigenvalue weighted by Crippen LogP contribution is -2.06. The maximum atomic E-state index is 10.5. The van der Waals surface area contributed by atoms with E-state index in [-0.39, 0.29) is 5.91 Å². The second-order valence-corrected chi connectivity index (χ2v) is 2.04. The normalized spacial score (nSPS) is 7.92. The first-order valence-electron chi connectivity index (χ1n) is 3.61. The lowest BCUT2D eigenvalue weighted by molar-refractivity contribution is -0.114. The average molecular weight is 182 g/mol. The predicted molar refractivity (Wildman–Crippen MR) is 50.1 cm³/mol. The molecule has 1 amide bonds. The van der Waals surface area contributed by atoms with Crippen molar-refractivity contribution in [1.82, 2.24) is 4.98 Å². The zero-order valence-electron chi connectivity index (χ0n) is 7.27. The van der Waals surface area contributed by atoms with Crippen molar-refractivity contribution in [2.24, 2.45) is 0 Å². The Morgan fingerprint density at radius 2 is 2.15 bits per heavy atom. The third kappa shape index (κ3) is 6.98. The minimum atomic E-state index is -0.750. The second-order valence-electron chi connectivity index (χ2n) is 2.04. The first kappa shape index (κ1) is 11.6. The van der Waals surface area contributed by atoms with Gasteiger partial charge in [0.2, 0.25) is 5.91 Å². The summed E-state index contributed by atoms with van der Waals surface area (Å²) in [6.45, 7) is 1.45. The molecule has 1 rings (SSSR count). The van der Waals surface area contributed by atoms with Crippen LogP contribution in [0.15, 0.2) is 24.4 Å². The summed E-state index contributed by atoms with van der Waals surface area (Å²) in [6, 6.07) is 5.35. The van der Waals surface area contributed by atoms with Crippen LogP contribution in [0.5, 0.6) is 0 Å². The van der Waals surface area contributed by atoms with E-state index < -0.39 is 7.69 Å². The lowest BCUT2D eigenvalue weighted by Gasteiger charge is -1.96. The number of nitrogens with zero attached hydrogens (tertiary/aromatic N) is 1. The van der Waals surface area contributed by atoms with E-state index in [1.807, 2.05) is 6.07 Å². The Morgan fingerprint density at radius 1 is 1.54 bits per heavy atom. The molecule has 0 aliphatic heterocycles. The van der Waals surface area contributed by atoms with Crippen molar-refractivity contribution in [3.05, 3.63) is 24.4 Å². The van der Waals surface area contributed by atoms with Gasteiger partial charge in [0.15, 0.2) is 0 Å². The van der Waals surface area contributed by atoms with E-state index >= 15 is 0 Å². The van der Waals surface area contributed by atoms with Crippen LogP contribution >= 0.6 is 0 Å². The molecule has 0 atom stereocenters. The number of nitrogens with one attached hydrogen (secondary N) is 1. The van der Waals surface area contributed by atoms with Crippen molar-refractivity contribution < 1.29 is 14.8 Å². The SMILES string of the molecule is CC(=O)Nc1ccccn1.OBO. The van der Waals surface area contributed by atoms with Crippen molar-refractivity contribution in [2.75, 3.05) is 5.32 Å². The molecule has 1 heterocycles. The van der Waals surface area contributed by atoms with Crippen molar-refractivity contribution in [1.29, 1.82) is 0 Å². The van der Waals surface area contributed by atoms with Crippen LogP contribution in [0, 0.1) is 0 Å². The van der Waals surface area contributed by atoms with Crippen LogP contribution in [0.4, 0.5) is 5.82 Å². The van der Waals surface area contributed by atoms with Gasteiger partial charge in [-0.15, -0.1) is 0 Å². The minimum Gasteiger partial charge on any atom is -0.430 e. The Kier molecular flexibility index (Phi) is 6.49. The summed E-state index contributed by atoms with van der Waals surface area (Å²) < 4.78 is 0. The number of rotatable bonds is 1. The summed E-state index contributed by atoms with van der Waals surface area (Å²) in [5, 5.41) is 16.8. The first-order valence-corrected chi connectivity index (χ1v) is 3.61. The highest BCUT2D eigenvalue weighted by atomic mass is 16.4. The van der Waals surface area contributed by atoms with E-state index in [0.717, 1.165) is 0 Å². The molecular formula is C7H11BN2O3. The van der Waals surface area contributed by atoms with Crippen LogP contribution in [-0.2, 0) is 4.79 Å². The number of carbonyl (C=O) groups is 1. The third-order valence-electron chi connectivity index (χ3n) is 0.969. The summed E-state index contributed by atoms with van der Waals surface area (Å²) >= 11 is 0. The van der Waals surface area contributed by atoms with Gasteiger partial charge in [0.1, 0.15) is 5.82 Å². The maximum absolute atomic E-state index is 10.5. The smallest absolute Gasteiger partial charge is 0.430 e. The van der Waals surface area contributed by atoms with Gasteiger partial charge >= 0.3 is 7.69 Å². The molecule has 5 nitrogen and oxygen atoms in total. The minimum absolute atomic E-state index is 0.0984. The van der Waals surface area contributed by atoms with Gasteiger partial charge in [-0.1, -0.05) is 6.07 Å². The van der Waals surface area contributed by atoms with Gasteiger partial charge in [-0.25, -0.2) is 4.98 Å². The van der Waals surface area contributed by atoms with Crippen LogP contribution in [0.2, 0.25) is 0 Å². The van der Waals surface area contributed by atoms with E-state index in [1.54, 1.807) is 18.3 Å². The Morgan fingerprint density at radius 3 is 2.54 bits per heavy atom. The number of hydrogen-bond acceptors (Lipinski definition) is 4. The van der Waals surface area contributed by atoms with Crippen molar-refractivity contribution in [3.63, 3.8) is 0 Å². The number of pyridine rings is 1. The summed E-state index contributed by atoms with van der Waals surface area (Å²) in [5.74, 6) is 0.494. The molecule has 0 saturated heterocycles. The van der Waals surface area contributed by atoms with Crippen LogP contribution < -0.4 is 5.32 Å². The van der Waals surface area contributed by atoms with E-state index in [4.69, 9.17) is 10.0 Å². The van der Waals surface area contributed by atoms with Gasteiger partial charge in [-0.05, 0) is 12.1 Å². The summed E-state index contributed by atoms with van der Waals surface area (Å²) in [4.78, 5) is 14.3. The first-order chi connectivity index (χ1) is 6.20. The van der Waals surface area contributed by atoms with Crippen molar-refractivity contribution in [3.8, 4) is 0 Å². The van der Waals surface area contributed by atoms with E-state index in [0.29, 0.717) is 5.82 Å². The van der Waals surface area contributed by atoms with E-state index in [2.05, 4.69) is 10.3 Å². The maximum Gasteiger partial charge on any atom is 0.432 e. The van der Waals surface area contributed by atoms with E-state index in [1.165, 1.54) is 6.92 Å². The summed E-state index contributed by atoms with van der Waals surface area (Å²) in [6.07, 6.45) is 1.63. The molecule has 0 aliphatic rings. The fourth-order valence-electron chi connectivity index (χ4n) is 0.617. The number of hydrogen-bond donors (Lipinski definition) is 3. The van der Waals surface area contributed by atoms with Gasteiger partial charge in [0, 0.05) is 13.1 Å². The number of anilines is 1. The molecule has 3 N–H and O–H groups in total. The van der Waals surface area contributed by atoms with Crippen LogP contribution in [0.3, 0.4) is 0 Å². The average Bonchev–Trinajstić information content (AvgIpc) is 2.06. The van der Waals surface area contributed by atoms with Gasteiger partial charge in [0.05, 0.1) is 0 Å². The fourth-order valence-corrected chi connectivity index (χ4v) is 0.617. The standard InChI is InChI=1S/C7H8N2O.BH3O2/c1-6(10)9-7-4-2-3-5-8-7;2-1-3/h2-5H,1H3,(H,8,9,10);1-3H. The molecule has 0 saturated carbocycles. The van der Waals surface area contributed by atoms with Gasteiger partial charge in [-0.2, -0.15) is 0 Å². The molecule has 0 spiro atoms. The van der Waals surface area contributed by atoms with Crippen LogP contribution in [0.25, 0.3) is 0 Å². The molecule has 1 aromatic rings. The lowest BCUT2D eigenvalue weighted by atomic mass is 10.4. The molecular weight excluding hydrogens is 171 g/mol. The highest BCUT2D eigenvalue weighted by molar-refractivity contribution is 6.13. The number of aromatic nitrogens is 1. The number of amides is 1. The summed E-state index contributed by atoms with van der Waals surface area (Å²) in [5.41, 5.74) is 0. The van der Waals surface area contributed by atoms with Gasteiger partial charge < -0.3 is 15.4 Å². The molecule has 6 heteroatoms. The fraction of sp³-hybridized carbons (Fsp3) is 0.143. The Hall–Kier alpha value is -1.40. The molecule has 1 aromatic heterocycles.